The minimum atomic E-state index is -3.54. The first-order chi connectivity index (χ1) is 13.3. The molecule has 3 heterocycles. The van der Waals surface area contributed by atoms with Gasteiger partial charge in [-0.15, -0.1) is 0 Å². The highest BCUT2D eigenvalue weighted by Crippen LogP contribution is 2.27. The molecule has 8 nitrogen and oxygen atoms in total. The highest BCUT2D eigenvalue weighted by atomic mass is 32.2. The lowest BCUT2D eigenvalue weighted by Crippen LogP contribution is -2.36. The van der Waals surface area contributed by atoms with Crippen LogP contribution in [0.15, 0.2) is 34.3 Å². The molecule has 0 bridgehead atoms. The van der Waals surface area contributed by atoms with Gasteiger partial charge in [-0.05, 0) is 23.8 Å². The fourth-order valence-corrected chi connectivity index (χ4v) is 4.27. The van der Waals surface area contributed by atoms with Gasteiger partial charge in [0, 0.05) is 56.5 Å². The Bertz CT molecular complexity index is 1230. The summed E-state index contributed by atoms with van der Waals surface area (Å²) >= 11 is 0. The molecule has 2 aromatic heterocycles. The molecule has 1 aromatic carbocycles. The van der Waals surface area contributed by atoms with Crippen LogP contribution in [0.2, 0.25) is 0 Å². The standard InChI is InChI=1S/C19H22N4O4S/c1-22-9-12(14-8-13(27-2)4-5-17(14)22)10-23-7-6-16-15(11-23)18(24)21-19(20-16)28(3,25)26/h4-5,8-9H,6-7,10-11H2,1-3H3,(H,20,21,24). The van der Waals surface area contributed by atoms with Crippen molar-refractivity contribution in [2.75, 3.05) is 19.9 Å². The highest BCUT2D eigenvalue weighted by Gasteiger charge is 2.24. The largest absolute Gasteiger partial charge is 0.497 e. The van der Waals surface area contributed by atoms with E-state index in [0.29, 0.717) is 37.3 Å². The first-order valence-electron chi connectivity index (χ1n) is 8.92. The van der Waals surface area contributed by atoms with Crippen LogP contribution < -0.4 is 10.3 Å². The van der Waals surface area contributed by atoms with Gasteiger partial charge >= 0.3 is 0 Å². The minimum absolute atomic E-state index is 0.258. The predicted octanol–water partition coefficient (Wildman–Crippen LogP) is 1.23. The number of fused-ring (bicyclic) bond motifs is 2. The molecule has 4 rings (SSSR count). The van der Waals surface area contributed by atoms with Gasteiger partial charge in [0.25, 0.3) is 5.56 Å². The quantitative estimate of drug-likeness (QED) is 0.660. The number of hydrogen-bond acceptors (Lipinski definition) is 6. The normalized spacial score (nSPS) is 15.0. The molecule has 0 aliphatic carbocycles. The van der Waals surface area contributed by atoms with Gasteiger partial charge in [-0.1, -0.05) is 0 Å². The van der Waals surface area contributed by atoms with Crippen LogP contribution in [0.4, 0.5) is 0 Å². The molecule has 0 saturated carbocycles. The summed E-state index contributed by atoms with van der Waals surface area (Å²) in [6.45, 7) is 1.81. The maximum absolute atomic E-state index is 12.4. The number of nitrogens with one attached hydrogen (secondary N) is 1. The average molecular weight is 402 g/mol. The molecule has 1 N–H and O–H groups in total. The number of sulfone groups is 1. The Morgan fingerprint density at radius 2 is 2.11 bits per heavy atom. The van der Waals surface area contributed by atoms with Gasteiger partial charge in [-0.2, -0.15) is 0 Å². The third-order valence-electron chi connectivity index (χ3n) is 5.15. The van der Waals surface area contributed by atoms with E-state index in [1.807, 2.05) is 25.2 Å². The lowest BCUT2D eigenvalue weighted by atomic mass is 10.1. The minimum Gasteiger partial charge on any atom is -0.497 e. The first kappa shape index (κ1) is 18.7. The fourth-order valence-electron chi connectivity index (χ4n) is 3.72. The molecule has 3 aromatic rings. The number of benzene rings is 1. The fraction of sp³-hybridized carbons (Fsp3) is 0.368. The van der Waals surface area contributed by atoms with E-state index < -0.39 is 9.84 Å². The Balaban J connectivity index is 1.64. The Hall–Kier alpha value is -2.65. The molecule has 0 radical (unpaired) electrons. The zero-order valence-corrected chi connectivity index (χ0v) is 16.8. The molecule has 0 fully saturated rings. The van der Waals surface area contributed by atoms with Crippen LogP contribution in [0.25, 0.3) is 10.9 Å². The average Bonchev–Trinajstić information content (AvgIpc) is 2.96. The van der Waals surface area contributed by atoms with E-state index in [0.717, 1.165) is 28.5 Å². The Kier molecular flexibility index (Phi) is 4.51. The van der Waals surface area contributed by atoms with Gasteiger partial charge < -0.3 is 9.30 Å². The lowest BCUT2D eigenvalue weighted by Gasteiger charge is -2.27. The van der Waals surface area contributed by atoms with Gasteiger partial charge in [0.2, 0.25) is 15.0 Å². The van der Waals surface area contributed by atoms with Crippen LogP contribution in [0.5, 0.6) is 5.75 Å². The SMILES string of the molecule is COc1ccc2c(c1)c(CN1CCc3nc(S(C)(=O)=O)[nH]c(=O)c3C1)cn2C. The number of rotatable bonds is 4. The van der Waals surface area contributed by atoms with Gasteiger partial charge in [0.1, 0.15) is 5.75 Å². The summed E-state index contributed by atoms with van der Waals surface area (Å²) in [5.74, 6) is 0.804. The molecule has 148 valence electrons. The molecule has 9 heteroatoms. The monoisotopic (exact) mass is 402 g/mol. The van der Waals surface area contributed by atoms with Crippen molar-refractivity contribution >= 4 is 20.7 Å². The van der Waals surface area contributed by atoms with E-state index in [-0.39, 0.29) is 10.7 Å². The molecule has 28 heavy (non-hydrogen) atoms. The lowest BCUT2D eigenvalue weighted by molar-refractivity contribution is 0.241. The van der Waals surface area contributed by atoms with Gasteiger partial charge in [0.15, 0.2) is 0 Å². The van der Waals surface area contributed by atoms with Crippen molar-refractivity contribution in [3.05, 3.63) is 51.6 Å². The van der Waals surface area contributed by atoms with Crippen molar-refractivity contribution in [1.29, 1.82) is 0 Å². The molecule has 0 saturated heterocycles. The second-order valence-electron chi connectivity index (χ2n) is 7.18. The Labute approximate surface area is 162 Å². The molecule has 1 aliphatic rings. The third kappa shape index (κ3) is 3.31. The summed E-state index contributed by atoms with van der Waals surface area (Å²) < 4.78 is 30.8. The number of nitrogens with zero attached hydrogens (tertiary/aromatic N) is 3. The molecule has 0 unspecified atom stereocenters. The maximum Gasteiger partial charge on any atom is 0.256 e. The second-order valence-corrected chi connectivity index (χ2v) is 9.11. The number of H-pyrrole nitrogens is 1. The van der Waals surface area contributed by atoms with Crippen LogP contribution in [-0.2, 0) is 36.4 Å². The topological polar surface area (TPSA) is 97.3 Å². The predicted molar refractivity (Wildman–Crippen MR) is 105 cm³/mol. The number of hydrogen-bond donors (Lipinski definition) is 1. The number of aromatic amines is 1. The summed E-state index contributed by atoms with van der Waals surface area (Å²) in [5.41, 5.74) is 2.99. The Morgan fingerprint density at radius 1 is 1.32 bits per heavy atom. The molecule has 0 atom stereocenters. The number of methoxy groups -OCH3 is 1. The van der Waals surface area contributed by atoms with Crippen molar-refractivity contribution in [2.45, 2.75) is 24.7 Å². The van der Waals surface area contributed by atoms with Crippen molar-refractivity contribution in [3.63, 3.8) is 0 Å². The van der Waals surface area contributed by atoms with Crippen LogP contribution in [0, 0.1) is 0 Å². The zero-order chi connectivity index (χ0) is 20.1. The van der Waals surface area contributed by atoms with E-state index >= 15 is 0 Å². The van der Waals surface area contributed by atoms with E-state index in [9.17, 15) is 13.2 Å². The smallest absolute Gasteiger partial charge is 0.256 e. The van der Waals surface area contributed by atoms with Crippen molar-refractivity contribution < 1.29 is 13.2 Å². The van der Waals surface area contributed by atoms with Gasteiger partial charge in [-0.3, -0.25) is 14.7 Å². The van der Waals surface area contributed by atoms with E-state index in [1.165, 1.54) is 0 Å². The first-order valence-corrected chi connectivity index (χ1v) is 10.8. The summed E-state index contributed by atoms with van der Waals surface area (Å²) in [7, 11) is 0.109. The van der Waals surface area contributed by atoms with Gasteiger partial charge in [0.05, 0.1) is 18.4 Å². The summed E-state index contributed by atoms with van der Waals surface area (Å²) in [6.07, 6.45) is 3.67. The molecular formula is C19H22N4O4S. The third-order valence-corrected chi connectivity index (χ3v) is 6.05. The number of aromatic nitrogens is 3. The van der Waals surface area contributed by atoms with Crippen LogP contribution in [-0.4, -0.2) is 47.8 Å². The number of aryl methyl sites for hydroxylation is 1. The molecular weight excluding hydrogens is 380 g/mol. The summed E-state index contributed by atoms with van der Waals surface area (Å²) in [4.78, 5) is 21.2. The van der Waals surface area contributed by atoms with E-state index in [4.69, 9.17) is 4.74 Å². The van der Waals surface area contributed by atoms with E-state index in [1.54, 1.807) is 7.11 Å². The maximum atomic E-state index is 12.4. The van der Waals surface area contributed by atoms with Crippen LogP contribution in [0.3, 0.4) is 0 Å². The van der Waals surface area contributed by atoms with Crippen molar-refractivity contribution in [2.24, 2.45) is 7.05 Å². The molecule has 0 spiro atoms. The van der Waals surface area contributed by atoms with Gasteiger partial charge in [-0.25, -0.2) is 13.4 Å². The number of ether oxygens (including phenoxy) is 1. The Morgan fingerprint density at radius 3 is 2.82 bits per heavy atom. The van der Waals surface area contributed by atoms with Crippen LogP contribution >= 0.6 is 0 Å². The summed E-state index contributed by atoms with van der Waals surface area (Å²) in [5, 5.41) is 0.859. The zero-order valence-electron chi connectivity index (χ0n) is 16.0. The van der Waals surface area contributed by atoms with E-state index in [2.05, 4.69) is 25.6 Å². The second kappa shape index (κ2) is 6.75. The van der Waals surface area contributed by atoms with Crippen molar-refractivity contribution in [3.8, 4) is 5.75 Å². The van der Waals surface area contributed by atoms with Crippen LogP contribution in [0.1, 0.15) is 16.8 Å². The summed E-state index contributed by atoms with van der Waals surface area (Å²) in [6, 6.07) is 5.99. The molecule has 0 amide bonds. The highest BCUT2D eigenvalue weighted by molar-refractivity contribution is 7.90. The van der Waals surface area contributed by atoms with Crippen molar-refractivity contribution in [1.82, 2.24) is 19.4 Å². The molecule has 1 aliphatic heterocycles.